The smallest absolute Gasteiger partial charge is 0.209 e. The second kappa shape index (κ2) is 6.23. The lowest BCUT2D eigenvalue weighted by Crippen LogP contribution is -2.48. The Morgan fingerprint density at radius 2 is 2.10 bits per heavy atom. The molecule has 2 N–H and O–H groups in total. The van der Waals surface area contributed by atoms with Crippen LogP contribution in [0.15, 0.2) is 4.99 Å². The molecule has 1 heterocycles. The molecule has 0 spiro atoms. The Kier molecular flexibility index (Phi) is 5.02. The van der Waals surface area contributed by atoms with Crippen LogP contribution < -0.4 is 10.0 Å². The minimum atomic E-state index is -3.20. The van der Waals surface area contributed by atoms with Gasteiger partial charge in [-0.05, 0) is 32.6 Å². The van der Waals surface area contributed by atoms with E-state index in [0.717, 1.165) is 16.8 Å². The predicted molar refractivity (Wildman–Crippen MR) is 85.7 cm³/mol. The first kappa shape index (κ1) is 16.1. The molecule has 0 aromatic heterocycles. The molecule has 1 saturated carbocycles. The fourth-order valence-electron chi connectivity index (χ4n) is 2.88. The number of fused-ring (bicyclic) bond motifs is 1. The van der Waals surface area contributed by atoms with Crippen LogP contribution in [0.5, 0.6) is 0 Å². The second-order valence-corrected chi connectivity index (χ2v) is 9.24. The van der Waals surface area contributed by atoms with E-state index in [0.29, 0.717) is 12.6 Å². The van der Waals surface area contributed by atoms with Crippen molar-refractivity contribution in [1.82, 2.24) is 10.0 Å². The van der Waals surface area contributed by atoms with E-state index in [2.05, 4.69) is 15.0 Å². The van der Waals surface area contributed by atoms with E-state index in [9.17, 15) is 8.42 Å². The third-order valence-electron chi connectivity index (χ3n) is 3.73. The van der Waals surface area contributed by atoms with E-state index in [1.54, 1.807) is 11.8 Å². The van der Waals surface area contributed by atoms with Gasteiger partial charge in [0.15, 0.2) is 5.17 Å². The first-order valence-corrected chi connectivity index (χ1v) is 10.1. The number of nitrogens with zero attached hydrogens (tertiary/aromatic N) is 1. The molecule has 1 aliphatic heterocycles. The summed E-state index contributed by atoms with van der Waals surface area (Å²) in [7, 11) is -3.20. The van der Waals surface area contributed by atoms with Crippen molar-refractivity contribution < 1.29 is 8.42 Å². The van der Waals surface area contributed by atoms with Gasteiger partial charge in [0.05, 0.1) is 12.8 Å². The number of rotatable bonds is 4. The average molecular weight is 319 g/mol. The highest BCUT2D eigenvalue weighted by molar-refractivity contribution is 8.13. The highest BCUT2D eigenvalue weighted by Gasteiger charge is 2.30. The van der Waals surface area contributed by atoms with Crippen molar-refractivity contribution in [2.75, 3.05) is 18.6 Å². The number of hydrogen-bond donors (Lipinski definition) is 2. The Morgan fingerprint density at radius 1 is 1.40 bits per heavy atom. The average Bonchev–Trinajstić information content (AvgIpc) is 2.33. The number of aliphatic imine (C=N–C) groups is 1. The number of nitrogens with one attached hydrogen (secondary N) is 2. The molecule has 20 heavy (non-hydrogen) atoms. The Bertz CT molecular complexity index is 474. The van der Waals surface area contributed by atoms with Crippen LogP contribution >= 0.6 is 11.8 Å². The van der Waals surface area contributed by atoms with Gasteiger partial charge in [0.25, 0.3) is 0 Å². The summed E-state index contributed by atoms with van der Waals surface area (Å²) in [5.74, 6) is 1.91. The van der Waals surface area contributed by atoms with Gasteiger partial charge in [-0.25, -0.2) is 13.1 Å². The molecule has 0 amide bonds. The Balaban J connectivity index is 1.91. The lowest BCUT2D eigenvalue weighted by atomic mass is 9.86. The van der Waals surface area contributed by atoms with E-state index >= 15 is 0 Å². The third-order valence-corrected chi connectivity index (χ3v) is 5.77. The molecule has 2 aliphatic rings. The van der Waals surface area contributed by atoms with Crippen molar-refractivity contribution in [2.45, 2.75) is 51.1 Å². The van der Waals surface area contributed by atoms with Crippen LogP contribution in [0, 0.1) is 5.92 Å². The summed E-state index contributed by atoms with van der Waals surface area (Å²) in [5.41, 5.74) is -0.549. The molecule has 2 rings (SSSR count). The van der Waals surface area contributed by atoms with Crippen LogP contribution in [0.3, 0.4) is 0 Å². The van der Waals surface area contributed by atoms with Crippen molar-refractivity contribution >= 4 is 27.0 Å². The fraction of sp³-hybridized carbons (Fsp3) is 0.923. The molecule has 0 aromatic rings. The van der Waals surface area contributed by atoms with Crippen molar-refractivity contribution in [3.05, 3.63) is 0 Å². The number of thioether (sulfide) groups is 1. The van der Waals surface area contributed by atoms with Gasteiger partial charge in [0.2, 0.25) is 10.0 Å². The summed E-state index contributed by atoms with van der Waals surface area (Å²) in [6.45, 7) is 4.16. The lowest BCUT2D eigenvalue weighted by molar-refractivity contribution is 0.311. The van der Waals surface area contributed by atoms with Gasteiger partial charge in [-0.2, -0.15) is 0 Å². The normalized spacial score (nSPS) is 29.9. The monoisotopic (exact) mass is 319 g/mol. The Morgan fingerprint density at radius 3 is 2.80 bits per heavy atom. The molecule has 5 nitrogen and oxygen atoms in total. The molecule has 0 radical (unpaired) electrons. The lowest BCUT2D eigenvalue weighted by Gasteiger charge is -2.37. The maximum absolute atomic E-state index is 11.3. The van der Waals surface area contributed by atoms with Crippen LogP contribution in [0.1, 0.15) is 39.5 Å². The van der Waals surface area contributed by atoms with Gasteiger partial charge in [-0.15, -0.1) is 0 Å². The van der Waals surface area contributed by atoms with Gasteiger partial charge < -0.3 is 5.32 Å². The van der Waals surface area contributed by atoms with Crippen molar-refractivity contribution in [3.8, 4) is 0 Å². The molecule has 1 saturated heterocycles. The van der Waals surface area contributed by atoms with Gasteiger partial charge >= 0.3 is 0 Å². The van der Waals surface area contributed by atoms with Crippen LogP contribution in [0.2, 0.25) is 0 Å². The minimum Gasteiger partial charge on any atom is -0.362 e. The summed E-state index contributed by atoms with van der Waals surface area (Å²) in [4.78, 5) is 4.57. The zero-order chi connectivity index (χ0) is 14.8. The quantitative estimate of drug-likeness (QED) is 0.825. The summed E-state index contributed by atoms with van der Waals surface area (Å²) >= 11 is 1.77. The van der Waals surface area contributed by atoms with Gasteiger partial charge in [0, 0.05) is 17.3 Å². The first-order valence-electron chi connectivity index (χ1n) is 7.18. The van der Waals surface area contributed by atoms with E-state index in [1.807, 2.05) is 13.8 Å². The standard InChI is InChI=1S/C13H25N3O2S2/c1-13(2,16-20(3,17)18)9-14-12-15-11-7-5-4-6-10(11)8-19-12/h10-11,16H,4-9H2,1-3H3,(H,14,15). The van der Waals surface area contributed by atoms with Gasteiger partial charge in [0.1, 0.15) is 0 Å². The summed E-state index contributed by atoms with van der Waals surface area (Å²) < 4.78 is 25.2. The molecule has 2 unspecified atom stereocenters. The first-order chi connectivity index (χ1) is 9.25. The van der Waals surface area contributed by atoms with Crippen LogP contribution in [-0.4, -0.2) is 43.7 Å². The summed E-state index contributed by atoms with van der Waals surface area (Å²) in [6, 6.07) is 0.565. The highest BCUT2D eigenvalue weighted by atomic mass is 32.2. The molecule has 1 aliphatic carbocycles. The zero-order valence-corrected chi connectivity index (χ0v) is 14.1. The highest BCUT2D eigenvalue weighted by Crippen LogP contribution is 2.31. The molecule has 2 fully saturated rings. The maximum atomic E-state index is 11.3. The number of sulfonamides is 1. The zero-order valence-electron chi connectivity index (χ0n) is 12.5. The summed E-state index contributed by atoms with van der Waals surface area (Å²) in [5, 5.41) is 4.50. The SMILES string of the molecule is CC(C)(CN=C1NC2CCCCC2CS1)NS(C)(=O)=O. The molecule has 2 atom stereocenters. The molecular weight excluding hydrogens is 294 g/mol. The maximum Gasteiger partial charge on any atom is 0.209 e. The minimum absolute atomic E-state index is 0.451. The van der Waals surface area contributed by atoms with Crippen molar-refractivity contribution in [1.29, 1.82) is 0 Å². The Hall–Kier alpha value is -0.270. The van der Waals surface area contributed by atoms with Crippen LogP contribution in [0.25, 0.3) is 0 Å². The van der Waals surface area contributed by atoms with Gasteiger partial charge in [-0.3, -0.25) is 4.99 Å². The third kappa shape index (κ3) is 4.93. The van der Waals surface area contributed by atoms with Gasteiger partial charge in [-0.1, -0.05) is 24.6 Å². The molecule has 0 bridgehead atoms. The molecule has 116 valence electrons. The number of amidine groups is 1. The van der Waals surface area contributed by atoms with Crippen molar-refractivity contribution in [2.24, 2.45) is 10.9 Å². The number of hydrogen-bond acceptors (Lipinski definition) is 4. The van der Waals surface area contributed by atoms with E-state index < -0.39 is 15.6 Å². The molecule has 0 aromatic carbocycles. The van der Waals surface area contributed by atoms with E-state index in [1.165, 1.54) is 31.9 Å². The Labute approximate surface area is 126 Å². The predicted octanol–water partition coefficient (Wildman–Crippen LogP) is 1.57. The van der Waals surface area contributed by atoms with E-state index in [-0.39, 0.29) is 0 Å². The molecule has 7 heteroatoms. The van der Waals surface area contributed by atoms with Crippen molar-refractivity contribution in [3.63, 3.8) is 0 Å². The topological polar surface area (TPSA) is 70.6 Å². The summed E-state index contributed by atoms with van der Waals surface area (Å²) in [6.07, 6.45) is 6.38. The van der Waals surface area contributed by atoms with E-state index in [4.69, 9.17) is 0 Å². The van der Waals surface area contributed by atoms with Crippen LogP contribution in [-0.2, 0) is 10.0 Å². The second-order valence-electron chi connectivity index (χ2n) is 6.49. The van der Waals surface area contributed by atoms with Crippen LogP contribution in [0.4, 0.5) is 0 Å². The molecular formula is C13H25N3O2S2. The fourth-order valence-corrected chi connectivity index (χ4v) is 5.11. The largest absolute Gasteiger partial charge is 0.362 e.